The van der Waals surface area contributed by atoms with E-state index in [1.165, 1.54) is 0 Å². The molecule has 3 aromatic rings. The Labute approximate surface area is 175 Å². The highest BCUT2D eigenvalue weighted by atomic mass is 19.1. The summed E-state index contributed by atoms with van der Waals surface area (Å²) in [6, 6.07) is 20.0. The van der Waals surface area contributed by atoms with E-state index < -0.39 is 5.82 Å². The van der Waals surface area contributed by atoms with Crippen molar-refractivity contribution in [2.45, 2.75) is 43.7 Å². The van der Waals surface area contributed by atoms with Crippen LogP contribution >= 0.6 is 0 Å². The predicted octanol–water partition coefficient (Wildman–Crippen LogP) is 4.25. The van der Waals surface area contributed by atoms with Gasteiger partial charge in [0.25, 0.3) is 0 Å². The zero-order valence-electron chi connectivity index (χ0n) is 16.6. The van der Waals surface area contributed by atoms with Crippen molar-refractivity contribution in [1.29, 1.82) is 0 Å². The van der Waals surface area contributed by atoms with Gasteiger partial charge < -0.3 is 10.1 Å². The van der Waals surface area contributed by atoms with Crippen LogP contribution in [0.15, 0.2) is 73.1 Å². The van der Waals surface area contributed by atoms with Gasteiger partial charge in [-0.15, -0.1) is 0 Å². The van der Waals surface area contributed by atoms with Crippen molar-refractivity contribution in [3.63, 3.8) is 0 Å². The molecule has 1 aliphatic carbocycles. The van der Waals surface area contributed by atoms with Crippen LogP contribution in [0.5, 0.6) is 6.01 Å². The second kappa shape index (κ2) is 9.48. The molecule has 0 bridgehead atoms. The fraction of sp³-hybridized carbons (Fsp3) is 0.292. The summed E-state index contributed by atoms with van der Waals surface area (Å²) < 4.78 is 18.7. The molecule has 0 radical (unpaired) electrons. The van der Waals surface area contributed by atoms with Crippen LogP contribution in [0.2, 0.25) is 0 Å². The van der Waals surface area contributed by atoms with Crippen molar-refractivity contribution >= 4 is 5.91 Å². The fourth-order valence-electron chi connectivity index (χ4n) is 3.91. The molecular formula is C24H24FN3O2. The van der Waals surface area contributed by atoms with Crippen LogP contribution < -0.4 is 10.1 Å². The highest BCUT2D eigenvalue weighted by molar-refractivity contribution is 5.87. The molecule has 0 atom stereocenters. The predicted molar refractivity (Wildman–Crippen MR) is 112 cm³/mol. The zero-order chi connectivity index (χ0) is 20.8. The summed E-state index contributed by atoms with van der Waals surface area (Å²) >= 11 is 0. The molecule has 6 heteroatoms. The van der Waals surface area contributed by atoms with Gasteiger partial charge in [-0.2, -0.15) is 0 Å². The van der Waals surface area contributed by atoms with Crippen molar-refractivity contribution in [2.75, 3.05) is 0 Å². The van der Waals surface area contributed by atoms with Crippen molar-refractivity contribution in [1.82, 2.24) is 15.3 Å². The van der Waals surface area contributed by atoms with Gasteiger partial charge in [0, 0.05) is 6.04 Å². The van der Waals surface area contributed by atoms with E-state index in [1.807, 2.05) is 60.7 Å². The molecule has 1 amide bonds. The summed E-state index contributed by atoms with van der Waals surface area (Å²) in [5.41, 5.74) is 1.96. The van der Waals surface area contributed by atoms with Gasteiger partial charge in [-0.1, -0.05) is 60.7 Å². The molecule has 1 fully saturated rings. The Morgan fingerprint density at radius 1 is 0.900 bits per heavy atom. The lowest BCUT2D eigenvalue weighted by Gasteiger charge is -2.30. The molecule has 5 nitrogen and oxygen atoms in total. The number of aromatic nitrogens is 2. The summed E-state index contributed by atoms with van der Waals surface area (Å²) in [7, 11) is 0. The summed E-state index contributed by atoms with van der Waals surface area (Å²) in [5, 5.41) is 3.23. The minimum atomic E-state index is -0.486. The Hall–Kier alpha value is -3.28. The third kappa shape index (κ3) is 5.00. The van der Waals surface area contributed by atoms with Crippen molar-refractivity contribution < 1.29 is 13.9 Å². The van der Waals surface area contributed by atoms with Gasteiger partial charge in [0.05, 0.1) is 18.3 Å². The smallest absolute Gasteiger partial charge is 0.316 e. The quantitative estimate of drug-likeness (QED) is 0.666. The molecular weight excluding hydrogens is 381 g/mol. The number of hydrogen-bond acceptors (Lipinski definition) is 4. The number of benzene rings is 2. The molecule has 0 saturated heterocycles. The Morgan fingerprint density at radius 3 is 1.97 bits per heavy atom. The van der Waals surface area contributed by atoms with Crippen molar-refractivity contribution in [3.8, 4) is 6.01 Å². The molecule has 1 aliphatic rings. The SMILES string of the molecule is O=C(NC1CCC(Oc2ncc(F)cn2)CC1)C(c1ccccc1)c1ccccc1. The van der Waals surface area contributed by atoms with Gasteiger partial charge in [-0.05, 0) is 36.8 Å². The van der Waals surface area contributed by atoms with E-state index in [0.29, 0.717) is 0 Å². The number of hydrogen-bond donors (Lipinski definition) is 1. The molecule has 4 rings (SSSR count). The number of ether oxygens (including phenoxy) is 1. The first kappa shape index (κ1) is 20.0. The molecule has 154 valence electrons. The minimum Gasteiger partial charge on any atom is -0.460 e. The Morgan fingerprint density at radius 2 is 1.43 bits per heavy atom. The van der Waals surface area contributed by atoms with E-state index in [9.17, 15) is 9.18 Å². The molecule has 1 saturated carbocycles. The summed E-state index contributed by atoms with van der Waals surface area (Å²) in [6.07, 6.45) is 5.37. The van der Waals surface area contributed by atoms with Gasteiger partial charge >= 0.3 is 6.01 Å². The average Bonchev–Trinajstić information content (AvgIpc) is 2.78. The van der Waals surface area contributed by atoms with Crippen molar-refractivity contribution in [2.24, 2.45) is 0 Å². The molecule has 1 heterocycles. The molecule has 0 aliphatic heterocycles. The van der Waals surface area contributed by atoms with Gasteiger partial charge in [0.1, 0.15) is 6.10 Å². The minimum absolute atomic E-state index is 0.0126. The molecule has 30 heavy (non-hydrogen) atoms. The van der Waals surface area contributed by atoms with Gasteiger partial charge in [-0.25, -0.2) is 14.4 Å². The Kier molecular flexibility index (Phi) is 6.32. The molecule has 0 spiro atoms. The van der Waals surface area contributed by atoms with Crippen LogP contribution in [0.25, 0.3) is 0 Å². The summed E-state index contributed by atoms with van der Waals surface area (Å²) in [4.78, 5) is 20.9. The number of carbonyl (C=O) groups excluding carboxylic acids is 1. The molecule has 2 aromatic carbocycles. The van der Waals surface area contributed by atoms with Gasteiger partial charge in [-0.3, -0.25) is 4.79 Å². The third-order valence-electron chi connectivity index (χ3n) is 5.42. The lowest BCUT2D eigenvalue weighted by Crippen LogP contribution is -2.42. The van der Waals surface area contributed by atoms with Crippen LogP contribution in [0, 0.1) is 5.82 Å². The standard InChI is InChI=1S/C24H24FN3O2/c25-19-15-26-24(27-16-19)30-21-13-11-20(12-14-21)28-23(29)22(17-7-3-1-4-8-17)18-9-5-2-6-10-18/h1-10,15-16,20-22H,11-14H2,(H,28,29). The van der Waals surface area contributed by atoms with Crippen LogP contribution in [0.1, 0.15) is 42.7 Å². The normalized spacial score (nSPS) is 18.7. The zero-order valence-corrected chi connectivity index (χ0v) is 16.6. The van der Waals surface area contributed by atoms with Gasteiger partial charge in [0.2, 0.25) is 5.91 Å². The van der Waals surface area contributed by atoms with Crippen LogP contribution in [-0.4, -0.2) is 28.0 Å². The summed E-state index contributed by atoms with van der Waals surface area (Å²) in [5.74, 6) is -0.812. The molecule has 1 aromatic heterocycles. The second-order valence-electron chi connectivity index (χ2n) is 7.54. The van der Waals surface area contributed by atoms with E-state index >= 15 is 0 Å². The third-order valence-corrected chi connectivity index (χ3v) is 5.42. The fourth-order valence-corrected chi connectivity index (χ4v) is 3.91. The number of amides is 1. The highest BCUT2D eigenvalue weighted by Gasteiger charge is 2.28. The maximum Gasteiger partial charge on any atom is 0.316 e. The van der Waals surface area contributed by atoms with Crippen LogP contribution in [0.4, 0.5) is 4.39 Å². The van der Waals surface area contributed by atoms with E-state index in [1.54, 1.807) is 0 Å². The summed E-state index contributed by atoms with van der Waals surface area (Å²) in [6.45, 7) is 0. The number of nitrogens with zero attached hydrogens (tertiary/aromatic N) is 2. The number of halogens is 1. The maximum absolute atomic E-state index is 13.2. The Balaban J connectivity index is 1.37. The van der Waals surface area contributed by atoms with E-state index in [0.717, 1.165) is 49.2 Å². The van der Waals surface area contributed by atoms with E-state index in [2.05, 4.69) is 15.3 Å². The first-order valence-corrected chi connectivity index (χ1v) is 10.2. The number of carbonyl (C=O) groups is 1. The molecule has 0 unspecified atom stereocenters. The largest absolute Gasteiger partial charge is 0.460 e. The lowest BCUT2D eigenvalue weighted by molar-refractivity contribution is -0.122. The highest BCUT2D eigenvalue weighted by Crippen LogP contribution is 2.27. The number of rotatable bonds is 6. The van der Waals surface area contributed by atoms with Crippen molar-refractivity contribution in [3.05, 3.63) is 90.0 Å². The number of nitrogens with one attached hydrogen (secondary N) is 1. The topological polar surface area (TPSA) is 64.1 Å². The maximum atomic E-state index is 13.2. The van der Waals surface area contributed by atoms with Crippen LogP contribution in [0.3, 0.4) is 0 Å². The first-order chi connectivity index (χ1) is 14.7. The van der Waals surface area contributed by atoms with E-state index in [4.69, 9.17) is 4.74 Å². The van der Waals surface area contributed by atoms with Gasteiger partial charge in [0.15, 0.2) is 5.82 Å². The van der Waals surface area contributed by atoms with Crippen LogP contribution in [-0.2, 0) is 4.79 Å². The molecule has 1 N–H and O–H groups in total. The lowest BCUT2D eigenvalue weighted by atomic mass is 9.88. The Bertz CT molecular complexity index is 904. The average molecular weight is 405 g/mol. The first-order valence-electron chi connectivity index (χ1n) is 10.2. The second-order valence-corrected chi connectivity index (χ2v) is 7.54. The van der Waals surface area contributed by atoms with E-state index in [-0.39, 0.29) is 30.0 Å². The monoisotopic (exact) mass is 405 g/mol.